The molecule has 0 aliphatic heterocycles. The molecule has 2 N–H and O–H groups in total. The van der Waals surface area contributed by atoms with Crippen LogP contribution < -0.4 is 10.2 Å². The van der Waals surface area contributed by atoms with Crippen LogP contribution in [0.2, 0.25) is 0 Å². The predicted molar refractivity (Wildman–Crippen MR) is 112 cm³/mol. The van der Waals surface area contributed by atoms with Crippen LogP contribution in [0.4, 0.5) is 0 Å². The summed E-state index contributed by atoms with van der Waals surface area (Å²) in [5.41, 5.74) is 0.219. The third kappa shape index (κ3) is 3.40. The van der Waals surface area contributed by atoms with Crippen molar-refractivity contribution in [3.63, 3.8) is 0 Å². The lowest BCUT2D eigenvalue weighted by molar-refractivity contribution is -0.0982. The molecule has 4 aliphatic rings. The van der Waals surface area contributed by atoms with Crippen LogP contribution in [0.25, 0.3) is 0 Å². The van der Waals surface area contributed by atoms with Gasteiger partial charge in [0, 0.05) is 0 Å². The van der Waals surface area contributed by atoms with Crippen LogP contribution in [0, 0.1) is 17.8 Å². The molecule has 4 fully saturated rings. The first kappa shape index (κ1) is 20.2. The Morgan fingerprint density at radius 2 is 1.54 bits per heavy atom. The van der Waals surface area contributed by atoms with Gasteiger partial charge in [-0.3, -0.25) is 0 Å². The molecule has 5 rings (SSSR count). The van der Waals surface area contributed by atoms with E-state index in [-0.39, 0.29) is 5.41 Å². The molecule has 0 saturated heterocycles. The summed E-state index contributed by atoms with van der Waals surface area (Å²) in [4.78, 5) is 0. The predicted octanol–water partition coefficient (Wildman–Crippen LogP) is 3.42. The van der Waals surface area contributed by atoms with Gasteiger partial charge in [-0.2, -0.15) is 0 Å². The van der Waals surface area contributed by atoms with Crippen LogP contribution in [-0.2, 0) is 10.1 Å². The Morgan fingerprint density at radius 3 is 2.00 bits per heavy atom. The molecular formula is C23H35BO4. The molecule has 4 aliphatic carbocycles. The van der Waals surface area contributed by atoms with E-state index in [4.69, 9.17) is 9.39 Å². The zero-order chi connectivity index (χ0) is 20.3. The van der Waals surface area contributed by atoms with Gasteiger partial charge < -0.3 is 19.5 Å². The first-order valence-electron chi connectivity index (χ1n) is 10.8. The highest BCUT2D eigenvalue weighted by Crippen LogP contribution is 2.61. The topological polar surface area (TPSA) is 58.9 Å². The average molecular weight is 386 g/mol. The van der Waals surface area contributed by atoms with Gasteiger partial charge in [-0.15, -0.1) is 0 Å². The maximum Gasteiger partial charge on any atom is 0.491 e. The second-order valence-electron chi connectivity index (χ2n) is 10.7. The molecule has 0 radical (unpaired) electrons. The minimum Gasteiger partial charge on any atom is -0.496 e. The fraction of sp³-hybridized carbons (Fsp3) is 0.739. The van der Waals surface area contributed by atoms with Crippen LogP contribution in [0.3, 0.4) is 0 Å². The standard InChI is InChI=1S/C23H35BO4/c1-21(2,25)22(3,4)28-24(26)18-6-7-20(27-5)19(11-18)23-12-15-8-16(13-23)10-17(9-15)14-23/h6-7,11,15-17,25-26H,8-10,12-14H2,1-5H3. The van der Waals surface area contributed by atoms with Gasteiger partial charge in [-0.05, 0) is 106 Å². The Labute approximate surface area is 169 Å². The molecule has 0 aromatic heterocycles. The van der Waals surface area contributed by atoms with E-state index in [0.29, 0.717) is 0 Å². The van der Waals surface area contributed by atoms with Crippen LogP contribution in [-0.4, -0.2) is 35.6 Å². The molecule has 0 amide bonds. The highest BCUT2D eigenvalue weighted by Gasteiger charge is 2.52. The SMILES string of the molecule is COc1ccc(B(O)OC(C)(C)C(C)(C)O)cc1C12CC3CC(CC(C3)C1)C2. The highest BCUT2D eigenvalue weighted by atomic mass is 16.5. The lowest BCUT2D eigenvalue weighted by atomic mass is 9.47. The summed E-state index contributed by atoms with van der Waals surface area (Å²) in [6.07, 6.45) is 7.91. The van der Waals surface area contributed by atoms with E-state index in [1.807, 2.05) is 12.1 Å². The average Bonchev–Trinajstić information content (AvgIpc) is 2.58. The van der Waals surface area contributed by atoms with Crippen LogP contribution in [0.1, 0.15) is 71.8 Å². The maximum atomic E-state index is 10.8. The number of hydrogen-bond donors (Lipinski definition) is 2. The summed E-state index contributed by atoms with van der Waals surface area (Å²) in [5, 5.41) is 21.2. The third-order valence-electron chi connectivity index (χ3n) is 8.00. The lowest BCUT2D eigenvalue weighted by Crippen LogP contribution is -2.53. The Bertz CT molecular complexity index is 701. The number of rotatable bonds is 6. The molecule has 4 saturated carbocycles. The molecule has 0 heterocycles. The van der Waals surface area contributed by atoms with Crippen molar-refractivity contribution in [2.24, 2.45) is 17.8 Å². The summed E-state index contributed by atoms with van der Waals surface area (Å²) in [5.74, 6) is 3.46. The summed E-state index contributed by atoms with van der Waals surface area (Å²) in [6.45, 7) is 7.02. The summed E-state index contributed by atoms with van der Waals surface area (Å²) < 4.78 is 11.7. The number of benzene rings is 1. The van der Waals surface area contributed by atoms with Crippen molar-refractivity contribution in [2.75, 3.05) is 7.11 Å². The van der Waals surface area contributed by atoms with Crippen LogP contribution in [0.15, 0.2) is 18.2 Å². The second kappa shape index (κ2) is 6.75. The maximum absolute atomic E-state index is 10.8. The van der Waals surface area contributed by atoms with E-state index in [0.717, 1.165) is 29.0 Å². The quantitative estimate of drug-likeness (QED) is 0.736. The molecule has 1 aromatic carbocycles. The number of aliphatic hydroxyl groups is 1. The molecule has 5 heteroatoms. The molecule has 0 atom stereocenters. The van der Waals surface area contributed by atoms with Crippen molar-refractivity contribution >= 4 is 12.6 Å². The number of hydrogen-bond acceptors (Lipinski definition) is 4. The monoisotopic (exact) mass is 386 g/mol. The minimum atomic E-state index is -1.08. The van der Waals surface area contributed by atoms with Gasteiger partial charge in [0.2, 0.25) is 0 Å². The summed E-state index contributed by atoms with van der Waals surface area (Å²) in [7, 11) is 0.656. The normalized spacial score (nSPS) is 31.9. The van der Waals surface area contributed by atoms with Crippen molar-refractivity contribution in [1.29, 1.82) is 0 Å². The van der Waals surface area contributed by atoms with Gasteiger partial charge in [-0.25, -0.2) is 0 Å². The fourth-order valence-corrected chi connectivity index (χ4v) is 6.23. The number of ether oxygens (including phenoxy) is 1. The van der Waals surface area contributed by atoms with Crippen molar-refractivity contribution in [3.05, 3.63) is 23.8 Å². The largest absolute Gasteiger partial charge is 0.496 e. The van der Waals surface area contributed by atoms with E-state index in [9.17, 15) is 10.1 Å². The van der Waals surface area contributed by atoms with E-state index in [1.165, 1.54) is 44.1 Å². The second-order valence-corrected chi connectivity index (χ2v) is 10.7. The van der Waals surface area contributed by atoms with Crippen molar-refractivity contribution in [3.8, 4) is 5.75 Å². The molecule has 4 nitrogen and oxygen atoms in total. The van der Waals surface area contributed by atoms with E-state index in [1.54, 1.807) is 34.8 Å². The van der Waals surface area contributed by atoms with E-state index >= 15 is 0 Å². The van der Waals surface area contributed by atoms with Crippen LogP contribution in [0.5, 0.6) is 5.75 Å². The highest BCUT2D eigenvalue weighted by molar-refractivity contribution is 6.60. The molecule has 0 unspecified atom stereocenters. The Balaban J connectivity index is 1.66. The van der Waals surface area contributed by atoms with E-state index in [2.05, 4.69) is 6.07 Å². The molecule has 28 heavy (non-hydrogen) atoms. The number of methoxy groups -OCH3 is 1. The first-order valence-corrected chi connectivity index (χ1v) is 10.8. The van der Waals surface area contributed by atoms with Gasteiger partial charge in [0.1, 0.15) is 5.75 Å². The Morgan fingerprint density at radius 1 is 1.00 bits per heavy atom. The molecule has 154 valence electrons. The van der Waals surface area contributed by atoms with Crippen molar-refractivity contribution in [1.82, 2.24) is 0 Å². The fourth-order valence-electron chi connectivity index (χ4n) is 6.23. The van der Waals surface area contributed by atoms with Gasteiger partial charge in [-0.1, -0.05) is 12.1 Å². The zero-order valence-electron chi connectivity index (χ0n) is 18.0. The van der Waals surface area contributed by atoms with Crippen molar-refractivity contribution in [2.45, 2.75) is 82.8 Å². The molecule has 4 bridgehead atoms. The Hall–Kier alpha value is -1.04. The molecular weight excluding hydrogens is 351 g/mol. The lowest BCUT2D eigenvalue weighted by Gasteiger charge is -2.57. The minimum absolute atomic E-state index is 0.182. The van der Waals surface area contributed by atoms with Gasteiger partial charge in [0.25, 0.3) is 0 Å². The van der Waals surface area contributed by atoms with Crippen LogP contribution >= 0.6 is 0 Å². The molecule has 1 aromatic rings. The zero-order valence-corrected chi connectivity index (χ0v) is 18.0. The first-order chi connectivity index (χ1) is 13.0. The van der Waals surface area contributed by atoms with Gasteiger partial charge in [0.05, 0.1) is 18.3 Å². The van der Waals surface area contributed by atoms with E-state index < -0.39 is 18.3 Å². The van der Waals surface area contributed by atoms with Gasteiger partial charge >= 0.3 is 7.12 Å². The smallest absolute Gasteiger partial charge is 0.491 e. The molecule has 0 spiro atoms. The van der Waals surface area contributed by atoms with Crippen molar-refractivity contribution < 1.29 is 19.5 Å². The van der Waals surface area contributed by atoms with Gasteiger partial charge in [0.15, 0.2) is 0 Å². The summed E-state index contributed by atoms with van der Waals surface area (Å²) >= 11 is 0. The summed E-state index contributed by atoms with van der Waals surface area (Å²) in [6, 6.07) is 5.97. The Kier molecular flexibility index (Phi) is 4.88. The third-order valence-corrected chi connectivity index (χ3v) is 8.00.